The van der Waals surface area contributed by atoms with E-state index in [0.29, 0.717) is 10.6 Å². The van der Waals surface area contributed by atoms with Crippen LogP contribution in [0, 0.1) is 5.82 Å². The maximum Gasteiger partial charge on any atom is 0.314 e. The molecule has 1 aromatic carbocycles. The number of halogens is 2. The number of rotatable bonds is 2. The molecule has 3 nitrogen and oxygen atoms in total. The first kappa shape index (κ1) is 10.8. The van der Waals surface area contributed by atoms with E-state index in [2.05, 4.69) is 10.6 Å². The highest BCUT2D eigenvalue weighted by molar-refractivity contribution is 6.31. The first-order valence-corrected chi connectivity index (χ1v) is 4.41. The third kappa shape index (κ3) is 2.88. The summed E-state index contributed by atoms with van der Waals surface area (Å²) < 4.78 is 12.6. The van der Waals surface area contributed by atoms with Gasteiger partial charge in [-0.2, -0.15) is 0 Å². The predicted molar refractivity (Wildman–Crippen MR) is 52.7 cm³/mol. The fourth-order valence-corrected chi connectivity index (χ4v) is 1.16. The fourth-order valence-electron chi connectivity index (χ4n) is 0.929. The van der Waals surface area contributed by atoms with Gasteiger partial charge >= 0.3 is 6.03 Å². The molecule has 0 aliphatic carbocycles. The SMILES string of the molecule is CNC(=O)NCc1ccc(F)cc1Cl. The molecule has 0 spiro atoms. The van der Waals surface area contributed by atoms with Crippen molar-refractivity contribution in [2.75, 3.05) is 7.05 Å². The van der Waals surface area contributed by atoms with Gasteiger partial charge in [-0.15, -0.1) is 0 Å². The second kappa shape index (κ2) is 4.81. The van der Waals surface area contributed by atoms with E-state index in [4.69, 9.17) is 11.6 Å². The molecule has 0 aromatic heterocycles. The van der Waals surface area contributed by atoms with Crippen LogP contribution in [-0.4, -0.2) is 13.1 Å². The Morgan fingerprint density at radius 3 is 2.86 bits per heavy atom. The summed E-state index contributed by atoms with van der Waals surface area (Å²) in [6, 6.07) is 3.74. The van der Waals surface area contributed by atoms with E-state index in [1.807, 2.05) is 0 Å². The van der Waals surface area contributed by atoms with Crippen molar-refractivity contribution < 1.29 is 9.18 Å². The summed E-state index contributed by atoms with van der Waals surface area (Å²) in [5.74, 6) is -0.390. The van der Waals surface area contributed by atoms with Gasteiger partial charge in [0.05, 0.1) is 0 Å². The van der Waals surface area contributed by atoms with Crippen molar-refractivity contribution >= 4 is 17.6 Å². The Balaban J connectivity index is 2.63. The summed E-state index contributed by atoms with van der Waals surface area (Å²) in [5, 5.41) is 5.26. The Morgan fingerprint density at radius 2 is 2.29 bits per heavy atom. The second-order valence-electron chi connectivity index (χ2n) is 2.67. The Labute approximate surface area is 86.3 Å². The van der Waals surface area contributed by atoms with Gasteiger partial charge in [-0.25, -0.2) is 9.18 Å². The van der Waals surface area contributed by atoms with Crippen molar-refractivity contribution in [3.05, 3.63) is 34.6 Å². The first-order valence-electron chi connectivity index (χ1n) is 4.03. The molecule has 0 saturated carbocycles. The van der Waals surface area contributed by atoms with E-state index in [1.54, 1.807) is 0 Å². The lowest BCUT2D eigenvalue weighted by molar-refractivity contribution is 0.242. The Kier molecular flexibility index (Phi) is 3.71. The number of hydrogen-bond acceptors (Lipinski definition) is 1. The van der Waals surface area contributed by atoms with Crippen LogP contribution in [0.4, 0.5) is 9.18 Å². The van der Waals surface area contributed by atoms with Gasteiger partial charge in [0.2, 0.25) is 0 Å². The summed E-state index contributed by atoms with van der Waals surface area (Å²) in [4.78, 5) is 10.8. The number of carbonyl (C=O) groups is 1. The average Bonchev–Trinajstić information content (AvgIpc) is 2.16. The zero-order valence-corrected chi connectivity index (χ0v) is 8.36. The van der Waals surface area contributed by atoms with Crippen LogP contribution >= 0.6 is 11.6 Å². The maximum atomic E-state index is 12.6. The molecule has 1 rings (SSSR count). The molecular weight excluding hydrogens is 207 g/mol. The van der Waals surface area contributed by atoms with Gasteiger partial charge in [-0.05, 0) is 17.7 Å². The summed E-state index contributed by atoms with van der Waals surface area (Å²) >= 11 is 5.74. The first-order chi connectivity index (χ1) is 6.63. The molecule has 0 fully saturated rings. The molecule has 0 saturated heterocycles. The smallest absolute Gasteiger partial charge is 0.314 e. The van der Waals surface area contributed by atoms with Crippen LogP contribution in [0.1, 0.15) is 5.56 Å². The minimum atomic E-state index is -0.390. The number of urea groups is 1. The van der Waals surface area contributed by atoms with Crippen molar-refractivity contribution in [2.24, 2.45) is 0 Å². The predicted octanol–water partition coefficient (Wildman–Crippen LogP) is 1.91. The van der Waals surface area contributed by atoms with Crippen LogP contribution in [0.3, 0.4) is 0 Å². The normalized spacial score (nSPS) is 9.64. The van der Waals surface area contributed by atoms with E-state index in [9.17, 15) is 9.18 Å². The molecule has 2 N–H and O–H groups in total. The van der Waals surface area contributed by atoms with Crippen LogP contribution in [0.5, 0.6) is 0 Å². The van der Waals surface area contributed by atoms with Gasteiger partial charge < -0.3 is 10.6 Å². The number of nitrogens with one attached hydrogen (secondary N) is 2. The van der Waals surface area contributed by atoms with Gasteiger partial charge in [-0.3, -0.25) is 0 Å². The topological polar surface area (TPSA) is 41.1 Å². The van der Waals surface area contributed by atoms with Gasteiger partial charge in [0.15, 0.2) is 0 Å². The molecule has 76 valence electrons. The molecular formula is C9H10ClFN2O. The van der Waals surface area contributed by atoms with Crippen LogP contribution in [0.15, 0.2) is 18.2 Å². The van der Waals surface area contributed by atoms with Crippen LogP contribution in [-0.2, 0) is 6.54 Å². The molecule has 0 aliphatic heterocycles. The highest BCUT2D eigenvalue weighted by Gasteiger charge is 2.02. The van der Waals surface area contributed by atoms with Gasteiger partial charge in [0.1, 0.15) is 5.82 Å². The average molecular weight is 217 g/mol. The minimum absolute atomic E-state index is 0.277. The quantitative estimate of drug-likeness (QED) is 0.779. The number of hydrogen-bond donors (Lipinski definition) is 2. The molecule has 14 heavy (non-hydrogen) atoms. The molecule has 0 atom stereocenters. The van der Waals surface area contributed by atoms with Crippen molar-refractivity contribution in [2.45, 2.75) is 6.54 Å². The number of amides is 2. The van der Waals surface area contributed by atoms with Crippen LogP contribution in [0.2, 0.25) is 5.02 Å². The molecule has 5 heteroatoms. The molecule has 0 unspecified atom stereocenters. The van der Waals surface area contributed by atoms with E-state index in [0.717, 1.165) is 0 Å². The zero-order valence-electron chi connectivity index (χ0n) is 7.60. The van der Waals surface area contributed by atoms with Crippen molar-refractivity contribution in [3.8, 4) is 0 Å². The van der Waals surface area contributed by atoms with Gasteiger partial charge in [-0.1, -0.05) is 17.7 Å². The Morgan fingerprint density at radius 1 is 1.57 bits per heavy atom. The van der Waals surface area contributed by atoms with E-state index in [-0.39, 0.29) is 12.6 Å². The van der Waals surface area contributed by atoms with Crippen molar-refractivity contribution in [1.82, 2.24) is 10.6 Å². The minimum Gasteiger partial charge on any atom is -0.341 e. The van der Waals surface area contributed by atoms with Crippen molar-refractivity contribution in [1.29, 1.82) is 0 Å². The van der Waals surface area contributed by atoms with Crippen LogP contribution < -0.4 is 10.6 Å². The summed E-state index contributed by atoms with van der Waals surface area (Å²) in [7, 11) is 1.52. The van der Waals surface area contributed by atoms with Crippen molar-refractivity contribution in [3.63, 3.8) is 0 Å². The summed E-state index contributed by atoms with van der Waals surface area (Å²) in [5.41, 5.74) is 0.677. The Hall–Kier alpha value is -1.29. The highest BCUT2D eigenvalue weighted by Crippen LogP contribution is 2.16. The Bertz CT molecular complexity index is 344. The van der Waals surface area contributed by atoms with E-state index >= 15 is 0 Å². The van der Waals surface area contributed by atoms with E-state index in [1.165, 1.54) is 25.2 Å². The zero-order chi connectivity index (χ0) is 10.6. The fraction of sp³-hybridized carbons (Fsp3) is 0.222. The highest BCUT2D eigenvalue weighted by atomic mass is 35.5. The standard InChI is InChI=1S/C9H10ClFN2O/c1-12-9(14)13-5-6-2-3-7(11)4-8(6)10/h2-4H,5H2,1H3,(H2,12,13,14). The maximum absolute atomic E-state index is 12.6. The van der Waals surface area contributed by atoms with Gasteiger partial charge in [0.25, 0.3) is 0 Å². The lowest BCUT2D eigenvalue weighted by Gasteiger charge is -2.05. The molecule has 0 radical (unpaired) electrons. The van der Waals surface area contributed by atoms with Gasteiger partial charge in [0, 0.05) is 18.6 Å². The molecule has 0 heterocycles. The molecule has 0 bridgehead atoms. The number of benzene rings is 1. The third-order valence-corrected chi connectivity index (χ3v) is 2.03. The third-order valence-electron chi connectivity index (χ3n) is 1.68. The van der Waals surface area contributed by atoms with Crippen LogP contribution in [0.25, 0.3) is 0 Å². The largest absolute Gasteiger partial charge is 0.341 e. The van der Waals surface area contributed by atoms with E-state index < -0.39 is 5.82 Å². The molecule has 1 aromatic rings. The molecule has 2 amide bonds. The summed E-state index contributed by atoms with van der Waals surface area (Å²) in [6.07, 6.45) is 0. The second-order valence-corrected chi connectivity index (χ2v) is 3.08. The lowest BCUT2D eigenvalue weighted by Crippen LogP contribution is -2.32. The number of carbonyl (C=O) groups excluding carboxylic acids is 1. The lowest BCUT2D eigenvalue weighted by atomic mass is 10.2. The monoisotopic (exact) mass is 216 g/mol. The molecule has 0 aliphatic rings. The summed E-state index contributed by atoms with van der Waals surface area (Å²) in [6.45, 7) is 0.277.